The molecule has 0 aliphatic heterocycles. The molecule has 0 fully saturated rings. The fourth-order valence-corrected chi connectivity index (χ4v) is 1.98. The first-order valence-electron chi connectivity index (χ1n) is 3.43. The maximum absolute atomic E-state index is 10.6. The molecule has 0 heterocycles. The van der Waals surface area contributed by atoms with Crippen LogP contribution in [0.3, 0.4) is 0 Å². The van der Waals surface area contributed by atoms with Gasteiger partial charge < -0.3 is 5.73 Å². The van der Waals surface area contributed by atoms with Gasteiger partial charge in [0.15, 0.2) is 0 Å². The third-order valence-electron chi connectivity index (χ3n) is 1.53. The SMILES string of the molecule is [NH-]c1cc(S(=O)(=O)O)ccc1S(=O)(=O)O.[Na+]. The molecule has 0 bridgehead atoms. The van der Waals surface area contributed by atoms with E-state index in [1.165, 1.54) is 0 Å². The zero-order valence-corrected chi connectivity index (χ0v) is 11.7. The van der Waals surface area contributed by atoms with Gasteiger partial charge in [-0.05, 0) is 12.1 Å². The summed E-state index contributed by atoms with van der Waals surface area (Å²) in [6.45, 7) is 0. The number of rotatable bonds is 2. The number of hydrogen-bond donors (Lipinski definition) is 2. The van der Waals surface area contributed by atoms with Crippen molar-refractivity contribution in [2.75, 3.05) is 0 Å². The first-order valence-corrected chi connectivity index (χ1v) is 6.31. The van der Waals surface area contributed by atoms with Crippen LogP contribution in [-0.4, -0.2) is 25.9 Å². The van der Waals surface area contributed by atoms with Crippen molar-refractivity contribution in [3.63, 3.8) is 0 Å². The zero-order chi connectivity index (χ0) is 11.9. The van der Waals surface area contributed by atoms with Crippen molar-refractivity contribution >= 4 is 25.9 Å². The van der Waals surface area contributed by atoms with Crippen molar-refractivity contribution in [1.82, 2.24) is 0 Å². The van der Waals surface area contributed by atoms with Crippen LogP contribution in [0, 0.1) is 0 Å². The summed E-state index contributed by atoms with van der Waals surface area (Å²) in [5.74, 6) is 0. The Morgan fingerprint density at radius 3 is 1.81 bits per heavy atom. The summed E-state index contributed by atoms with van der Waals surface area (Å²) in [6.07, 6.45) is 0. The second-order valence-corrected chi connectivity index (χ2v) is 5.42. The van der Waals surface area contributed by atoms with Crippen molar-refractivity contribution in [2.45, 2.75) is 9.79 Å². The minimum absolute atomic E-state index is 0. The molecular weight excluding hydrogens is 269 g/mol. The molecule has 1 rings (SSSR count). The molecule has 1 aromatic rings. The molecule has 0 aliphatic carbocycles. The van der Waals surface area contributed by atoms with Crippen LogP contribution < -0.4 is 29.6 Å². The van der Waals surface area contributed by atoms with Crippen LogP contribution in [-0.2, 0) is 20.2 Å². The van der Waals surface area contributed by atoms with Gasteiger partial charge in [-0.1, -0.05) is 6.07 Å². The van der Waals surface area contributed by atoms with Gasteiger partial charge in [0.05, 0.1) is 9.79 Å². The summed E-state index contributed by atoms with van der Waals surface area (Å²) in [6, 6.07) is 2.12. The van der Waals surface area contributed by atoms with Gasteiger partial charge in [-0.15, -0.1) is 5.69 Å². The third kappa shape index (κ3) is 3.70. The Balaban J connectivity index is 0.00000225. The molecule has 3 N–H and O–H groups in total. The van der Waals surface area contributed by atoms with Crippen LogP contribution in [0.2, 0.25) is 0 Å². The van der Waals surface area contributed by atoms with Gasteiger partial charge in [0.2, 0.25) is 0 Å². The van der Waals surface area contributed by atoms with Gasteiger partial charge in [0.1, 0.15) is 0 Å². The van der Waals surface area contributed by atoms with Gasteiger partial charge in [-0.3, -0.25) is 9.11 Å². The van der Waals surface area contributed by atoms with E-state index in [0.717, 1.165) is 12.1 Å². The Morgan fingerprint density at radius 2 is 1.50 bits per heavy atom. The molecule has 10 heteroatoms. The molecule has 7 nitrogen and oxygen atoms in total. The largest absolute Gasteiger partial charge is 1.00 e. The maximum atomic E-state index is 10.6. The average Bonchev–Trinajstić information content (AvgIpc) is 1.99. The minimum atomic E-state index is -4.56. The molecule has 0 atom stereocenters. The normalized spacial score (nSPS) is 11.9. The summed E-state index contributed by atoms with van der Waals surface area (Å²) in [7, 11) is -9.04. The van der Waals surface area contributed by atoms with Crippen LogP contribution in [0.25, 0.3) is 5.73 Å². The molecule has 0 saturated carbocycles. The molecule has 0 radical (unpaired) electrons. The van der Waals surface area contributed by atoms with Crippen molar-refractivity contribution in [2.24, 2.45) is 0 Å². The van der Waals surface area contributed by atoms with E-state index in [1.54, 1.807) is 0 Å². The number of hydrogen-bond acceptors (Lipinski definition) is 4. The van der Waals surface area contributed by atoms with Crippen molar-refractivity contribution in [1.29, 1.82) is 0 Å². The predicted octanol–water partition coefficient (Wildman–Crippen LogP) is -2.13. The molecule has 16 heavy (non-hydrogen) atoms. The Labute approximate surface area is 114 Å². The van der Waals surface area contributed by atoms with E-state index >= 15 is 0 Å². The summed E-state index contributed by atoms with van der Waals surface area (Å²) >= 11 is 0. The molecule has 0 unspecified atom stereocenters. The van der Waals surface area contributed by atoms with Gasteiger partial charge in [0.25, 0.3) is 20.2 Å². The molecule has 0 spiro atoms. The molecule has 84 valence electrons. The molecule has 0 saturated heterocycles. The van der Waals surface area contributed by atoms with Crippen molar-refractivity contribution in [3.05, 3.63) is 23.9 Å². The van der Waals surface area contributed by atoms with Gasteiger partial charge in [0, 0.05) is 0 Å². The fraction of sp³-hybridized carbons (Fsp3) is 0. The fourth-order valence-electron chi connectivity index (χ4n) is 0.894. The first-order chi connectivity index (χ1) is 6.62. The second-order valence-electron chi connectivity index (χ2n) is 2.61. The smallest absolute Gasteiger partial charge is 0.698 e. The van der Waals surface area contributed by atoms with E-state index in [9.17, 15) is 16.8 Å². The molecule has 0 aliphatic rings. The van der Waals surface area contributed by atoms with Crippen molar-refractivity contribution < 1.29 is 55.5 Å². The van der Waals surface area contributed by atoms with Crippen LogP contribution in [0.5, 0.6) is 0 Å². The monoisotopic (exact) mass is 275 g/mol. The first kappa shape index (κ1) is 15.8. The van der Waals surface area contributed by atoms with Crippen LogP contribution in [0.15, 0.2) is 28.0 Å². The van der Waals surface area contributed by atoms with Gasteiger partial charge in [-0.25, -0.2) is 0 Å². The Hall–Kier alpha value is -0.160. The zero-order valence-electron chi connectivity index (χ0n) is 8.08. The van der Waals surface area contributed by atoms with Gasteiger partial charge >= 0.3 is 29.6 Å². The minimum Gasteiger partial charge on any atom is -0.698 e. The summed E-state index contributed by atoms with van der Waals surface area (Å²) in [5, 5.41) is 0. The van der Waals surface area contributed by atoms with E-state index in [2.05, 4.69) is 0 Å². The predicted molar refractivity (Wildman–Crippen MR) is 50.1 cm³/mol. The van der Waals surface area contributed by atoms with E-state index in [4.69, 9.17) is 14.8 Å². The Kier molecular flexibility index (Phi) is 4.95. The summed E-state index contributed by atoms with van der Waals surface area (Å²) in [5.41, 5.74) is 6.42. The summed E-state index contributed by atoms with van der Waals surface area (Å²) < 4.78 is 59.7. The molecule has 1 aromatic carbocycles. The summed E-state index contributed by atoms with van der Waals surface area (Å²) in [4.78, 5) is -1.34. The average molecular weight is 275 g/mol. The van der Waals surface area contributed by atoms with E-state index < -0.39 is 35.7 Å². The van der Waals surface area contributed by atoms with Crippen LogP contribution >= 0.6 is 0 Å². The second kappa shape index (κ2) is 5.00. The number of nitrogens with one attached hydrogen (secondary N) is 1. The van der Waals surface area contributed by atoms with Crippen LogP contribution in [0.1, 0.15) is 0 Å². The Bertz CT molecular complexity index is 593. The van der Waals surface area contributed by atoms with Gasteiger partial charge in [-0.2, -0.15) is 16.8 Å². The molecular formula is C6H6NNaO6S2. The quantitative estimate of drug-likeness (QED) is 0.468. The number of benzene rings is 1. The van der Waals surface area contributed by atoms with Crippen LogP contribution in [0.4, 0.5) is 5.69 Å². The van der Waals surface area contributed by atoms with Crippen molar-refractivity contribution in [3.8, 4) is 0 Å². The molecule has 0 amide bonds. The molecule has 0 aromatic heterocycles. The standard InChI is InChI=1S/C6H6NO6S2.Na/c7-5-3-4(14(8,9)10)1-2-6(5)15(11,12)13;/h1-3,7H,(H,8,9,10)(H,11,12,13);/q-1;+1. The van der Waals surface area contributed by atoms with E-state index in [0.29, 0.717) is 6.07 Å². The maximum Gasteiger partial charge on any atom is 1.00 e. The van der Waals surface area contributed by atoms with E-state index in [-0.39, 0.29) is 29.6 Å². The topological polar surface area (TPSA) is 133 Å². The Morgan fingerprint density at radius 1 is 1.00 bits per heavy atom. The van der Waals surface area contributed by atoms with E-state index in [1.807, 2.05) is 0 Å². The third-order valence-corrected chi connectivity index (χ3v) is 3.29.